The number of alkyl halides is 3. The highest BCUT2D eigenvalue weighted by Gasteiger charge is 2.40. The molecule has 2 aliphatic rings. The van der Waals surface area contributed by atoms with Crippen LogP contribution in [0.4, 0.5) is 18.9 Å². The molecule has 27 heavy (non-hydrogen) atoms. The lowest BCUT2D eigenvalue weighted by molar-refractivity contribution is -0.140. The van der Waals surface area contributed by atoms with Crippen LogP contribution in [0, 0.1) is 0 Å². The number of hydrogen-bond acceptors (Lipinski definition) is 4. The lowest BCUT2D eigenvalue weighted by Crippen LogP contribution is -2.61. The van der Waals surface area contributed by atoms with Crippen molar-refractivity contribution in [3.8, 4) is 0 Å². The molecule has 0 unspecified atom stereocenters. The van der Waals surface area contributed by atoms with Crippen molar-refractivity contribution in [3.05, 3.63) is 29.8 Å². The van der Waals surface area contributed by atoms with Crippen molar-refractivity contribution in [2.75, 3.05) is 44.3 Å². The van der Waals surface area contributed by atoms with E-state index in [4.69, 9.17) is 10.5 Å². The zero-order chi connectivity index (χ0) is 18.1. The van der Waals surface area contributed by atoms with E-state index in [0.717, 1.165) is 12.1 Å². The summed E-state index contributed by atoms with van der Waals surface area (Å²) >= 11 is 0. The van der Waals surface area contributed by atoms with Crippen molar-refractivity contribution >= 4 is 36.4 Å². The fourth-order valence-electron chi connectivity index (χ4n) is 3.31. The van der Waals surface area contributed by atoms with E-state index in [2.05, 4.69) is 0 Å². The van der Waals surface area contributed by atoms with Crippen LogP contribution in [0.25, 0.3) is 0 Å². The van der Waals surface area contributed by atoms with Gasteiger partial charge in [-0.3, -0.25) is 4.79 Å². The van der Waals surface area contributed by atoms with Gasteiger partial charge in [0.1, 0.15) is 0 Å². The van der Waals surface area contributed by atoms with Crippen LogP contribution < -0.4 is 10.6 Å². The lowest BCUT2D eigenvalue weighted by atomic mass is 9.89. The number of carbonyl (C=O) groups is 1. The van der Waals surface area contributed by atoms with Crippen LogP contribution in [0.2, 0.25) is 0 Å². The van der Waals surface area contributed by atoms with Gasteiger partial charge in [0.05, 0.1) is 11.1 Å². The first-order chi connectivity index (χ1) is 11.8. The Morgan fingerprint density at radius 3 is 2.22 bits per heavy atom. The van der Waals surface area contributed by atoms with Gasteiger partial charge < -0.3 is 20.3 Å². The van der Waals surface area contributed by atoms with Crippen LogP contribution in [0.5, 0.6) is 0 Å². The minimum absolute atomic E-state index is 0. The van der Waals surface area contributed by atoms with Gasteiger partial charge in [-0.15, -0.1) is 24.8 Å². The Balaban J connectivity index is 0.00000182. The van der Waals surface area contributed by atoms with E-state index in [-0.39, 0.29) is 30.7 Å². The summed E-state index contributed by atoms with van der Waals surface area (Å²) in [5, 5.41) is 0. The monoisotopic (exact) mass is 429 g/mol. The summed E-state index contributed by atoms with van der Waals surface area (Å²) in [5.41, 5.74) is 5.22. The molecule has 2 heterocycles. The quantitative estimate of drug-likeness (QED) is 0.784. The molecule has 2 fully saturated rings. The van der Waals surface area contributed by atoms with Crippen molar-refractivity contribution in [1.29, 1.82) is 0 Å². The lowest BCUT2D eigenvalue weighted by Gasteiger charge is -2.41. The van der Waals surface area contributed by atoms with Gasteiger partial charge >= 0.3 is 6.18 Å². The molecule has 5 nitrogen and oxygen atoms in total. The largest absolute Gasteiger partial charge is 0.416 e. The topological polar surface area (TPSA) is 58.8 Å². The standard InChI is InChI=1S/C17H22F3N3O2.2ClH/c18-17(19,20)13-2-1-3-14(12-13)22-6-8-23(9-7-22)15(24)16(21)4-10-25-11-5-16;;/h1-3,12H,4-11,21H2;2*1H. The summed E-state index contributed by atoms with van der Waals surface area (Å²) in [5.74, 6) is -0.0838. The van der Waals surface area contributed by atoms with Crippen molar-refractivity contribution in [3.63, 3.8) is 0 Å². The maximum absolute atomic E-state index is 12.9. The summed E-state index contributed by atoms with van der Waals surface area (Å²) in [4.78, 5) is 16.3. The SMILES string of the molecule is Cl.Cl.NC1(C(=O)N2CCN(c3cccc(C(F)(F)F)c3)CC2)CCOCC1. The first-order valence-corrected chi connectivity index (χ1v) is 8.38. The molecule has 0 aromatic heterocycles. The van der Waals surface area contributed by atoms with E-state index >= 15 is 0 Å². The maximum Gasteiger partial charge on any atom is 0.416 e. The number of carbonyl (C=O) groups excluding carboxylic acids is 1. The van der Waals surface area contributed by atoms with Gasteiger partial charge in [-0.25, -0.2) is 0 Å². The average molecular weight is 430 g/mol. The van der Waals surface area contributed by atoms with E-state index in [1.165, 1.54) is 6.07 Å². The maximum atomic E-state index is 12.9. The van der Waals surface area contributed by atoms with E-state index in [0.29, 0.717) is 57.9 Å². The van der Waals surface area contributed by atoms with Crippen LogP contribution >= 0.6 is 24.8 Å². The molecule has 10 heteroatoms. The second-order valence-corrected chi connectivity index (χ2v) is 6.60. The molecule has 154 valence electrons. The molecule has 0 bridgehead atoms. The van der Waals surface area contributed by atoms with Crippen LogP contribution in [0.15, 0.2) is 24.3 Å². The minimum atomic E-state index is -4.36. The van der Waals surface area contributed by atoms with Gasteiger partial charge in [0, 0.05) is 45.1 Å². The molecule has 2 saturated heterocycles. The van der Waals surface area contributed by atoms with Crippen LogP contribution in [0.1, 0.15) is 18.4 Å². The van der Waals surface area contributed by atoms with E-state index in [1.54, 1.807) is 11.0 Å². The highest BCUT2D eigenvalue weighted by Crippen LogP contribution is 2.32. The number of piperazine rings is 1. The molecular weight excluding hydrogens is 406 g/mol. The van der Waals surface area contributed by atoms with Crippen LogP contribution in [-0.4, -0.2) is 55.7 Å². The Hall–Kier alpha value is -1.22. The smallest absolute Gasteiger partial charge is 0.381 e. The molecular formula is C17H24Cl2F3N3O2. The van der Waals surface area contributed by atoms with Gasteiger partial charge in [-0.05, 0) is 31.0 Å². The summed E-state index contributed by atoms with van der Waals surface area (Å²) < 4.78 is 43.8. The van der Waals surface area contributed by atoms with Crippen molar-refractivity contribution < 1.29 is 22.7 Å². The third kappa shape index (κ3) is 5.40. The zero-order valence-corrected chi connectivity index (χ0v) is 16.3. The molecule has 2 aliphatic heterocycles. The van der Waals surface area contributed by atoms with E-state index in [1.807, 2.05) is 4.90 Å². The number of hydrogen-bond donors (Lipinski definition) is 1. The van der Waals surface area contributed by atoms with Crippen LogP contribution in [-0.2, 0) is 15.7 Å². The van der Waals surface area contributed by atoms with Gasteiger partial charge in [0.2, 0.25) is 5.91 Å². The summed E-state index contributed by atoms with van der Waals surface area (Å²) in [6.45, 7) is 2.84. The van der Waals surface area contributed by atoms with E-state index in [9.17, 15) is 18.0 Å². The van der Waals surface area contributed by atoms with Crippen molar-refractivity contribution in [2.45, 2.75) is 24.6 Å². The normalized spacial score (nSPS) is 19.7. The Labute approximate surface area is 168 Å². The number of ether oxygens (including phenoxy) is 1. The summed E-state index contributed by atoms with van der Waals surface area (Å²) in [6.07, 6.45) is -3.36. The highest BCUT2D eigenvalue weighted by atomic mass is 35.5. The number of halogens is 5. The fourth-order valence-corrected chi connectivity index (χ4v) is 3.31. The Morgan fingerprint density at radius 2 is 1.67 bits per heavy atom. The third-order valence-corrected chi connectivity index (χ3v) is 4.92. The van der Waals surface area contributed by atoms with Gasteiger partial charge in [-0.2, -0.15) is 13.2 Å². The molecule has 3 rings (SSSR count). The summed E-state index contributed by atoms with van der Waals surface area (Å²) in [7, 11) is 0. The Kier molecular flexibility index (Phi) is 8.22. The van der Waals surface area contributed by atoms with Gasteiger partial charge in [-0.1, -0.05) is 6.07 Å². The molecule has 0 spiro atoms. The Morgan fingerprint density at radius 1 is 1.07 bits per heavy atom. The second kappa shape index (κ2) is 9.32. The molecule has 0 aliphatic carbocycles. The number of amides is 1. The predicted octanol–water partition coefficient (Wildman–Crippen LogP) is 2.71. The second-order valence-electron chi connectivity index (χ2n) is 6.60. The average Bonchev–Trinajstić information content (AvgIpc) is 2.61. The van der Waals surface area contributed by atoms with Crippen molar-refractivity contribution in [1.82, 2.24) is 4.90 Å². The fraction of sp³-hybridized carbons (Fsp3) is 0.588. The highest BCUT2D eigenvalue weighted by molar-refractivity contribution is 5.86. The predicted molar refractivity (Wildman–Crippen MR) is 102 cm³/mol. The van der Waals surface area contributed by atoms with Gasteiger partial charge in [0.15, 0.2) is 0 Å². The van der Waals surface area contributed by atoms with Gasteiger partial charge in [0.25, 0.3) is 0 Å². The first kappa shape index (κ1) is 23.8. The zero-order valence-electron chi connectivity index (χ0n) is 14.7. The number of nitrogens with zero attached hydrogens (tertiary/aromatic N) is 2. The molecule has 1 aromatic carbocycles. The number of nitrogens with two attached hydrogens (primary N) is 1. The molecule has 2 N–H and O–H groups in total. The minimum Gasteiger partial charge on any atom is -0.381 e. The van der Waals surface area contributed by atoms with Crippen LogP contribution in [0.3, 0.4) is 0 Å². The molecule has 0 saturated carbocycles. The third-order valence-electron chi connectivity index (χ3n) is 4.92. The van der Waals surface area contributed by atoms with Crippen molar-refractivity contribution in [2.24, 2.45) is 5.73 Å². The van der Waals surface area contributed by atoms with E-state index < -0.39 is 17.3 Å². The first-order valence-electron chi connectivity index (χ1n) is 8.38. The molecule has 0 radical (unpaired) electrons. The Bertz CT molecular complexity index is 632. The number of anilines is 1. The summed E-state index contributed by atoms with van der Waals surface area (Å²) in [6, 6.07) is 5.29. The molecule has 1 aromatic rings. The molecule has 1 amide bonds. The number of benzene rings is 1. The number of rotatable bonds is 2. The molecule has 0 atom stereocenters.